The van der Waals surface area contributed by atoms with Crippen LogP contribution in [0.25, 0.3) is 5.69 Å². The van der Waals surface area contributed by atoms with Crippen molar-refractivity contribution in [1.29, 1.82) is 0 Å². The van der Waals surface area contributed by atoms with E-state index >= 15 is 0 Å². The van der Waals surface area contributed by atoms with Gasteiger partial charge in [-0.3, -0.25) is 10.1 Å². The zero-order valence-corrected chi connectivity index (χ0v) is 12.5. The molecular weight excluding hydrogens is 284 g/mol. The average Bonchev–Trinajstić information content (AvgIpc) is 3.08. The van der Waals surface area contributed by atoms with Gasteiger partial charge in [-0.05, 0) is 26.0 Å². The molecule has 106 valence electrons. The van der Waals surface area contributed by atoms with Crippen LogP contribution in [0.15, 0.2) is 41.9 Å². The first kappa shape index (κ1) is 13.5. The molecule has 0 aliphatic heterocycles. The number of carbonyl (C=O) groups is 1. The molecule has 0 unspecified atom stereocenters. The fourth-order valence-electron chi connectivity index (χ4n) is 2.24. The summed E-state index contributed by atoms with van der Waals surface area (Å²) < 4.78 is 1.78. The molecule has 0 atom stereocenters. The second-order valence-corrected chi connectivity index (χ2v) is 5.48. The zero-order valence-electron chi connectivity index (χ0n) is 11.7. The number of carbonyl (C=O) groups excluding carboxylic acids is 1. The second-order valence-electron chi connectivity index (χ2n) is 4.58. The van der Waals surface area contributed by atoms with Gasteiger partial charge in [-0.15, -0.1) is 11.3 Å². The van der Waals surface area contributed by atoms with Crippen LogP contribution in [0.2, 0.25) is 0 Å². The first-order chi connectivity index (χ1) is 10.2. The lowest BCUT2D eigenvalue weighted by atomic mass is 10.2. The van der Waals surface area contributed by atoms with Gasteiger partial charge in [0.1, 0.15) is 0 Å². The van der Waals surface area contributed by atoms with Crippen molar-refractivity contribution in [3.8, 4) is 5.69 Å². The van der Waals surface area contributed by atoms with Crippen molar-refractivity contribution in [2.24, 2.45) is 0 Å². The molecule has 1 aromatic carbocycles. The Morgan fingerprint density at radius 3 is 2.67 bits per heavy atom. The van der Waals surface area contributed by atoms with E-state index in [0.717, 1.165) is 11.4 Å². The maximum absolute atomic E-state index is 12.4. The summed E-state index contributed by atoms with van der Waals surface area (Å²) in [5, 5.41) is 9.68. The smallest absolute Gasteiger partial charge is 0.261 e. The Morgan fingerprint density at radius 2 is 2.00 bits per heavy atom. The van der Waals surface area contributed by atoms with E-state index in [1.807, 2.05) is 49.6 Å². The molecule has 21 heavy (non-hydrogen) atoms. The molecule has 0 radical (unpaired) electrons. The number of rotatable bonds is 3. The summed E-state index contributed by atoms with van der Waals surface area (Å²) in [4.78, 5) is 16.5. The maximum Gasteiger partial charge on any atom is 0.261 e. The van der Waals surface area contributed by atoms with E-state index in [4.69, 9.17) is 0 Å². The molecule has 2 aromatic heterocycles. The summed E-state index contributed by atoms with van der Waals surface area (Å²) in [5.74, 6) is -0.179. The van der Waals surface area contributed by atoms with Crippen LogP contribution in [0.4, 0.5) is 5.13 Å². The van der Waals surface area contributed by atoms with Gasteiger partial charge in [-0.1, -0.05) is 18.2 Å². The highest BCUT2D eigenvalue weighted by Gasteiger charge is 2.19. The van der Waals surface area contributed by atoms with Crippen LogP contribution < -0.4 is 5.32 Å². The van der Waals surface area contributed by atoms with Gasteiger partial charge < -0.3 is 0 Å². The van der Waals surface area contributed by atoms with Crippen molar-refractivity contribution in [2.75, 3.05) is 5.32 Å². The molecule has 0 saturated heterocycles. The Morgan fingerprint density at radius 1 is 1.24 bits per heavy atom. The predicted molar refractivity (Wildman–Crippen MR) is 83.1 cm³/mol. The van der Waals surface area contributed by atoms with Crippen LogP contribution in [0.3, 0.4) is 0 Å². The Kier molecular flexibility index (Phi) is 3.53. The second kappa shape index (κ2) is 5.49. The molecule has 0 saturated carbocycles. The molecule has 0 aliphatic rings. The van der Waals surface area contributed by atoms with Gasteiger partial charge >= 0.3 is 0 Å². The third kappa shape index (κ3) is 2.57. The lowest BCUT2D eigenvalue weighted by Gasteiger charge is -2.05. The Hall–Kier alpha value is -2.47. The molecule has 0 fully saturated rings. The summed E-state index contributed by atoms with van der Waals surface area (Å²) in [7, 11) is 0. The van der Waals surface area contributed by atoms with Crippen LogP contribution in [0.1, 0.15) is 21.7 Å². The van der Waals surface area contributed by atoms with E-state index in [1.54, 1.807) is 10.9 Å². The van der Waals surface area contributed by atoms with Gasteiger partial charge in [0, 0.05) is 11.6 Å². The minimum atomic E-state index is -0.179. The summed E-state index contributed by atoms with van der Waals surface area (Å²) in [5.41, 5.74) is 3.04. The quantitative estimate of drug-likeness (QED) is 0.807. The first-order valence-electron chi connectivity index (χ1n) is 6.49. The number of nitrogens with zero attached hydrogens (tertiary/aromatic N) is 3. The average molecular weight is 298 g/mol. The van der Waals surface area contributed by atoms with Crippen LogP contribution in [0.5, 0.6) is 0 Å². The lowest BCUT2D eigenvalue weighted by Crippen LogP contribution is -2.13. The molecular formula is C15H14N4OS. The summed E-state index contributed by atoms with van der Waals surface area (Å²) in [6.07, 6.45) is 1.66. The van der Waals surface area contributed by atoms with Crippen molar-refractivity contribution in [1.82, 2.24) is 14.8 Å². The number of amides is 1. The van der Waals surface area contributed by atoms with Crippen molar-refractivity contribution in [3.05, 3.63) is 58.9 Å². The van der Waals surface area contributed by atoms with Crippen molar-refractivity contribution in [2.45, 2.75) is 13.8 Å². The minimum Gasteiger partial charge on any atom is -0.298 e. The highest BCUT2D eigenvalue weighted by molar-refractivity contribution is 7.13. The Balaban J connectivity index is 1.97. The number of hydrogen-bond acceptors (Lipinski definition) is 4. The van der Waals surface area contributed by atoms with Gasteiger partial charge in [0.05, 0.1) is 22.6 Å². The highest BCUT2D eigenvalue weighted by Crippen LogP contribution is 2.20. The molecule has 0 spiro atoms. The maximum atomic E-state index is 12.4. The third-order valence-corrected chi connectivity index (χ3v) is 3.86. The monoisotopic (exact) mass is 298 g/mol. The van der Waals surface area contributed by atoms with Gasteiger partial charge in [-0.2, -0.15) is 5.10 Å². The third-order valence-electron chi connectivity index (χ3n) is 3.17. The summed E-state index contributed by atoms with van der Waals surface area (Å²) >= 11 is 1.39. The molecule has 5 nitrogen and oxygen atoms in total. The molecule has 1 N–H and O–H groups in total. The van der Waals surface area contributed by atoms with Gasteiger partial charge in [0.25, 0.3) is 5.91 Å². The predicted octanol–water partition coefficient (Wildman–Crippen LogP) is 3.20. The van der Waals surface area contributed by atoms with Crippen LogP contribution in [-0.4, -0.2) is 20.7 Å². The van der Waals surface area contributed by atoms with Crippen molar-refractivity contribution in [3.63, 3.8) is 0 Å². The topological polar surface area (TPSA) is 59.8 Å². The minimum absolute atomic E-state index is 0.179. The number of benzene rings is 1. The van der Waals surface area contributed by atoms with Gasteiger partial charge in [0.2, 0.25) is 0 Å². The number of aromatic nitrogens is 3. The number of para-hydroxylation sites is 1. The fourth-order valence-corrected chi connectivity index (χ4v) is 2.76. The van der Waals surface area contributed by atoms with Gasteiger partial charge in [-0.25, -0.2) is 9.67 Å². The normalized spacial score (nSPS) is 10.6. The molecule has 0 bridgehead atoms. The van der Waals surface area contributed by atoms with Crippen LogP contribution >= 0.6 is 11.3 Å². The van der Waals surface area contributed by atoms with Gasteiger partial charge in [0.15, 0.2) is 5.13 Å². The van der Waals surface area contributed by atoms with E-state index in [-0.39, 0.29) is 5.91 Å². The molecule has 3 aromatic rings. The number of hydrogen-bond donors (Lipinski definition) is 1. The fraction of sp³-hybridized carbons (Fsp3) is 0.133. The molecule has 2 heterocycles. The lowest BCUT2D eigenvalue weighted by molar-refractivity contribution is 0.102. The molecule has 3 rings (SSSR count). The standard InChI is InChI=1S/C15H14N4OS/c1-10-13(14(20)17-15-16-8-9-21-15)11(2)19(18-10)12-6-4-3-5-7-12/h3-9H,1-2H3,(H,16,17,20). The van der Waals surface area contributed by atoms with E-state index < -0.39 is 0 Å². The SMILES string of the molecule is Cc1nn(-c2ccccc2)c(C)c1C(=O)Nc1nccs1. The van der Waals surface area contributed by atoms with Crippen molar-refractivity contribution >= 4 is 22.4 Å². The van der Waals surface area contributed by atoms with E-state index in [9.17, 15) is 4.79 Å². The molecule has 0 aliphatic carbocycles. The number of anilines is 1. The number of aryl methyl sites for hydroxylation is 1. The van der Waals surface area contributed by atoms with Crippen molar-refractivity contribution < 1.29 is 4.79 Å². The number of thiazole rings is 1. The molecule has 1 amide bonds. The zero-order chi connectivity index (χ0) is 14.8. The first-order valence-corrected chi connectivity index (χ1v) is 7.37. The van der Waals surface area contributed by atoms with E-state index in [1.165, 1.54) is 11.3 Å². The highest BCUT2D eigenvalue weighted by atomic mass is 32.1. The van der Waals surface area contributed by atoms with Crippen LogP contribution in [-0.2, 0) is 0 Å². The summed E-state index contributed by atoms with van der Waals surface area (Å²) in [6, 6.07) is 9.76. The Bertz CT molecular complexity index is 763. The largest absolute Gasteiger partial charge is 0.298 e. The number of nitrogens with one attached hydrogen (secondary N) is 1. The van der Waals surface area contributed by atoms with Crippen LogP contribution in [0, 0.1) is 13.8 Å². The van der Waals surface area contributed by atoms with E-state index in [2.05, 4.69) is 15.4 Å². The van der Waals surface area contributed by atoms with E-state index in [0.29, 0.717) is 16.4 Å². The molecule has 6 heteroatoms. The Labute approximate surface area is 126 Å². The summed E-state index contributed by atoms with van der Waals surface area (Å²) in [6.45, 7) is 3.73.